The molecule has 1 N–H and O–H groups in total. The lowest BCUT2D eigenvalue weighted by Gasteiger charge is -2.20. The van der Waals surface area contributed by atoms with Crippen LogP contribution in [0.1, 0.15) is 35.8 Å². The number of carbonyl (C=O) groups is 1. The van der Waals surface area contributed by atoms with Crippen LogP contribution < -0.4 is 15.2 Å². The Hall–Kier alpha value is -3.27. The highest BCUT2D eigenvalue weighted by Crippen LogP contribution is 2.33. The lowest BCUT2D eigenvalue weighted by Crippen LogP contribution is -2.28. The van der Waals surface area contributed by atoms with Gasteiger partial charge in [-0.1, -0.05) is 6.07 Å². The van der Waals surface area contributed by atoms with Gasteiger partial charge in [-0.2, -0.15) is 0 Å². The van der Waals surface area contributed by atoms with Crippen LogP contribution in [0.5, 0.6) is 11.5 Å². The molecule has 1 atom stereocenters. The van der Waals surface area contributed by atoms with Gasteiger partial charge in [-0.15, -0.1) is 0 Å². The number of aromatic nitrogens is 2. The van der Waals surface area contributed by atoms with E-state index in [0.29, 0.717) is 34.7 Å². The minimum Gasteiger partial charge on any atom is -0.493 e. The Morgan fingerprint density at radius 3 is 2.47 bits per heavy atom. The van der Waals surface area contributed by atoms with Crippen molar-refractivity contribution >= 4 is 26.8 Å². The molecule has 0 saturated heterocycles. The molecular formula is C22H26N2O7S. The molecule has 0 aliphatic heterocycles. The Morgan fingerprint density at radius 1 is 1.09 bits per heavy atom. The Labute approximate surface area is 185 Å². The fourth-order valence-corrected chi connectivity index (χ4v) is 4.47. The van der Waals surface area contributed by atoms with Crippen molar-refractivity contribution in [1.29, 1.82) is 0 Å². The van der Waals surface area contributed by atoms with E-state index in [4.69, 9.17) is 14.2 Å². The molecule has 0 saturated carbocycles. The van der Waals surface area contributed by atoms with Crippen molar-refractivity contribution < 1.29 is 27.4 Å². The van der Waals surface area contributed by atoms with E-state index in [1.54, 1.807) is 37.3 Å². The van der Waals surface area contributed by atoms with Crippen LogP contribution in [0.25, 0.3) is 11.0 Å². The smallest absolute Gasteiger partial charge is 0.338 e. The van der Waals surface area contributed by atoms with Gasteiger partial charge in [-0.3, -0.25) is 4.57 Å². The fourth-order valence-electron chi connectivity index (χ4n) is 3.56. The summed E-state index contributed by atoms with van der Waals surface area (Å²) in [5.41, 5.74) is 1.22. The van der Waals surface area contributed by atoms with Crippen molar-refractivity contribution in [2.45, 2.75) is 19.9 Å². The highest BCUT2D eigenvalue weighted by Gasteiger charge is 2.25. The lowest BCUT2D eigenvalue weighted by molar-refractivity contribution is 0.0526. The van der Waals surface area contributed by atoms with Gasteiger partial charge in [0.05, 0.1) is 48.7 Å². The van der Waals surface area contributed by atoms with Gasteiger partial charge in [0, 0.05) is 6.26 Å². The summed E-state index contributed by atoms with van der Waals surface area (Å²) in [6, 6.07) is 8.89. The summed E-state index contributed by atoms with van der Waals surface area (Å²) < 4.78 is 41.9. The number of hydrogen-bond acceptors (Lipinski definition) is 7. The molecular weight excluding hydrogens is 436 g/mol. The summed E-state index contributed by atoms with van der Waals surface area (Å²) in [5.74, 6) is 0.131. The second-order valence-electron chi connectivity index (χ2n) is 7.20. The highest BCUT2D eigenvalue weighted by atomic mass is 32.2. The molecule has 0 bridgehead atoms. The standard InChI is InChI=1S/C22H26N2O7S/c1-5-30-20-12-14(8-10-19(20)29-3)18(13-32(4,27)28)24-17-9-7-15(21(25)31-6-2)11-16(17)23-22(24)26/h7-12,18H,5-6,13H2,1-4H3,(H,23,26)/t18-/m1/s1. The quantitative estimate of drug-likeness (QED) is 0.486. The third kappa shape index (κ3) is 4.96. The van der Waals surface area contributed by atoms with Gasteiger partial charge in [0.15, 0.2) is 11.5 Å². The van der Waals surface area contributed by atoms with Crippen molar-refractivity contribution in [1.82, 2.24) is 9.55 Å². The van der Waals surface area contributed by atoms with Gasteiger partial charge in [0.25, 0.3) is 0 Å². The summed E-state index contributed by atoms with van der Waals surface area (Å²) in [4.78, 5) is 27.7. The molecule has 3 rings (SSSR count). The number of rotatable bonds is 9. The number of aromatic amines is 1. The summed E-state index contributed by atoms with van der Waals surface area (Å²) in [6.45, 7) is 4.14. The molecule has 0 amide bonds. The van der Waals surface area contributed by atoms with Crippen molar-refractivity contribution in [2.75, 3.05) is 32.3 Å². The van der Waals surface area contributed by atoms with E-state index in [1.165, 1.54) is 17.7 Å². The maximum Gasteiger partial charge on any atom is 0.338 e. The highest BCUT2D eigenvalue weighted by molar-refractivity contribution is 7.90. The average Bonchev–Trinajstić information content (AvgIpc) is 3.06. The largest absolute Gasteiger partial charge is 0.493 e. The number of ether oxygens (including phenoxy) is 3. The van der Waals surface area contributed by atoms with Crippen LogP contribution in [0.2, 0.25) is 0 Å². The van der Waals surface area contributed by atoms with Crippen molar-refractivity contribution in [3.05, 3.63) is 58.0 Å². The molecule has 9 nitrogen and oxygen atoms in total. The van der Waals surface area contributed by atoms with Crippen LogP contribution in [-0.2, 0) is 14.6 Å². The second kappa shape index (κ2) is 9.47. The number of H-pyrrole nitrogens is 1. The Kier molecular flexibility index (Phi) is 6.93. The van der Waals surface area contributed by atoms with Crippen molar-refractivity contribution in [3.63, 3.8) is 0 Å². The first-order valence-electron chi connectivity index (χ1n) is 10.1. The summed E-state index contributed by atoms with van der Waals surface area (Å²) in [6.07, 6.45) is 1.12. The third-order valence-electron chi connectivity index (χ3n) is 4.87. The van der Waals surface area contributed by atoms with E-state index in [1.807, 2.05) is 6.92 Å². The van der Waals surface area contributed by atoms with Gasteiger partial charge >= 0.3 is 11.7 Å². The number of fused-ring (bicyclic) bond motifs is 1. The van der Waals surface area contributed by atoms with Crippen molar-refractivity contribution in [3.8, 4) is 11.5 Å². The number of nitrogens with one attached hydrogen (secondary N) is 1. The average molecular weight is 463 g/mol. The number of nitrogens with zero attached hydrogens (tertiary/aromatic N) is 1. The van der Waals surface area contributed by atoms with Crippen LogP contribution in [0.4, 0.5) is 0 Å². The predicted molar refractivity (Wildman–Crippen MR) is 121 cm³/mol. The normalized spacial score (nSPS) is 12.5. The zero-order valence-corrected chi connectivity index (χ0v) is 19.2. The van der Waals surface area contributed by atoms with E-state index < -0.39 is 27.5 Å². The zero-order valence-electron chi connectivity index (χ0n) is 18.4. The maximum atomic E-state index is 12.9. The zero-order chi connectivity index (χ0) is 23.5. The second-order valence-corrected chi connectivity index (χ2v) is 9.39. The molecule has 172 valence electrons. The molecule has 1 aromatic heterocycles. The minimum atomic E-state index is -3.47. The lowest BCUT2D eigenvalue weighted by atomic mass is 10.1. The van der Waals surface area contributed by atoms with Gasteiger partial charge in [-0.25, -0.2) is 18.0 Å². The summed E-state index contributed by atoms with van der Waals surface area (Å²) in [5, 5.41) is 0. The fraction of sp³-hybridized carbons (Fsp3) is 0.364. The van der Waals surface area contributed by atoms with Crippen LogP contribution in [0.3, 0.4) is 0 Å². The molecule has 0 radical (unpaired) electrons. The number of esters is 1. The molecule has 2 aromatic carbocycles. The number of methoxy groups -OCH3 is 1. The molecule has 10 heteroatoms. The first kappa shape index (κ1) is 23.4. The SMILES string of the molecule is CCOC(=O)c1ccc2c(c1)[nH]c(=O)n2[C@H](CS(C)(=O)=O)c1ccc(OC)c(OCC)c1. The van der Waals surface area contributed by atoms with Gasteiger partial charge < -0.3 is 19.2 Å². The Morgan fingerprint density at radius 2 is 1.84 bits per heavy atom. The molecule has 1 heterocycles. The third-order valence-corrected chi connectivity index (χ3v) is 5.79. The summed E-state index contributed by atoms with van der Waals surface area (Å²) in [7, 11) is -1.96. The maximum absolute atomic E-state index is 12.9. The molecule has 0 spiro atoms. The molecule has 0 fully saturated rings. The predicted octanol–water partition coefficient (Wildman–Crippen LogP) is 2.55. The van der Waals surface area contributed by atoms with E-state index in [2.05, 4.69) is 4.98 Å². The molecule has 0 aliphatic rings. The number of imidazole rings is 1. The number of hydrogen-bond donors (Lipinski definition) is 1. The minimum absolute atomic E-state index is 0.227. The van der Waals surface area contributed by atoms with Gasteiger partial charge in [0.1, 0.15) is 9.84 Å². The molecule has 0 unspecified atom stereocenters. The van der Waals surface area contributed by atoms with E-state index in [9.17, 15) is 18.0 Å². The van der Waals surface area contributed by atoms with Crippen LogP contribution in [0.15, 0.2) is 41.2 Å². The Bertz CT molecular complexity index is 1290. The summed E-state index contributed by atoms with van der Waals surface area (Å²) >= 11 is 0. The molecule has 0 aliphatic carbocycles. The van der Waals surface area contributed by atoms with Gasteiger partial charge in [-0.05, 0) is 49.7 Å². The first-order valence-corrected chi connectivity index (χ1v) is 12.1. The molecule has 3 aromatic rings. The van der Waals surface area contributed by atoms with Gasteiger partial charge in [0.2, 0.25) is 0 Å². The van der Waals surface area contributed by atoms with Crippen LogP contribution in [-0.4, -0.2) is 56.3 Å². The van der Waals surface area contributed by atoms with E-state index in [0.717, 1.165) is 6.26 Å². The van der Waals surface area contributed by atoms with E-state index >= 15 is 0 Å². The number of benzene rings is 2. The van der Waals surface area contributed by atoms with Crippen molar-refractivity contribution in [2.24, 2.45) is 0 Å². The van der Waals surface area contributed by atoms with E-state index in [-0.39, 0.29) is 17.9 Å². The number of sulfone groups is 1. The Balaban J connectivity index is 2.18. The monoisotopic (exact) mass is 462 g/mol. The van der Waals surface area contributed by atoms with Crippen LogP contribution >= 0.6 is 0 Å². The molecule has 32 heavy (non-hydrogen) atoms. The van der Waals surface area contributed by atoms with Crippen LogP contribution in [0, 0.1) is 0 Å². The first-order chi connectivity index (χ1) is 15.2. The topological polar surface area (TPSA) is 117 Å². The number of carbonyl (C=O) groups excluding carboxylic acids is 1.